The minimum Gasteiger partial charge on any atom is -0.297 e. The van der Waals surface area contributed by atoms with Gasteiger partial charge in [-0.3, -0.25) is 13.5 Å². The topological polar surface area (TPSA) is 68.2 Å². The van der Waals surface area contributed by atoms with Crippen molar-refractivity contribution in [1.82, 2.24) is 3.96 Å². The van der Waals surface area contributed by atoms with Crippen LogP contribution in [-0.2, 0) is 17.1 Å². The molecule has 9 heteroatoms. The maximum Gasteiger partial charge on any atom is 0.261 e. The van der Waals surface area contributed by atoms with Gasteiger partial charge in [-0.25, -0.2) is 8.42 Å². The number of hydrogen-bond acceptors (Lipinski definition) is 4. The second kappa shape index (κ2) is 5.83. The minimum absolute atomic E-state index is 0.00609. The molecule has 1 N–H and O–H groups in total. The number of nitrogens with zero attached hydrogens (tertiary/aromatic N) is 1. The van der Waals surface area contributed by atoms with Crippen molar-refractivity contribution < 1.29 is 8.42 Å². The lowest BCUT2D eigenvalue weighted by Gasteiger charge is -2.09. The number of aryl methyl sites for hydroxylation is 1. The molecule has 0 amide bonds. The molecule has 0 bridgehead atoms. The van der Waals surface area contributed by atoms with E-state index in [1.165, 1.54) is 30.3 Å². The van der Waals surface area contributed by atoms with Crippen LogP contribution >= 0.6 is 34.7 Å². The molecule has 0 radical (unpaired) electrons. The van der Waals surface area contributed by atoms with Crippen LogP contribution in [0.3, 0.4) is 0 Å². The summed E-state index contributed by atoms with van der Waals surface area (Å²) in [5.74, 6) is 0. The molecule has 1 heterocycles. The van der Waals surface area contributed by atoms with Crippen LogP contribution in [0.5, 0.6) is 0 Å². The highest BCUT2D eigenvalue weighted by Crippen LogP contribution is 2.27. The highest BCUT2D eigenvalue weighted by molar-refractivity contribution is 7.92. The lowest BCUT2D eigenvalue weighted by Crippen LogP contribution is -2.13. The van der Waals surface area contributed by atoms with Crippen molar-refractivity contribution in [2.75, 3.05) is 4.72 Å². The van der Waals surface area contributed by atoms with Crippen LogP contribution in [0.4, 0.5) is 5.69 Å². The SMILES string of the molecule is Cn1sc(=O)c2cc(S(=O)(=O)Nc3ccc(Cl)c(Cl)c3)ccc21. The first-order valence-electron chi connectivity index (χ1n) is 6.36. The van der Waals surface area contributed by atoms with Gasteiger partial charge in [0, 0.05) is 7.05 Å². The molecule has 0 atom stereocenters. The number of hydrogen-bond donors (Lipinski definition) is 1. The summed E-state index contributed by atoms with van der Waals surface area (Å²) >= 11 is 12.7. The molecule has 0 aliphatic carbocycles. The van der Waals surface area contributed by atoms with E-state index in [0.717, 1.165) is 11.5 Å². The third-order valence-corrected chi connectivity index (χ3v) is 6.20. The Labute approximate surface area is 146 Å². The lowest BCUT2D eigenvalue weighted by atomic mass is 10.2. The molecule has 0 unspecified atom stereocenters. The lowest BCUT2D eigenvalue weighted by molar-refractivity contribution is 0.601. The number of nitrogens with one attached hydrogen (secondary N) is 1. The van der Waals surface area contributed by atoms with Crippen molar-refractivity contribution in [3.63, 3.8) is 0 Å². The van der Waals surface area contributed by atoms with Gasteiger partial charge in [0.1, 0.15) is 0 Å². The van der Waals surface area contributed by atoms with Crippen LogP contribution in [0, 0.1) is 0 Å². The van der Waals surface area contributed by atoms with Crippen molar-refractivity contribution in [3.05, 3.63) is 56.0 Å². The highest BCUT2D eigenvalue weighted by Gasteiger charge is 2.17. The smallest absolute Gasteiger partial charge is 0.261 e. The second-order valence-corrected chi connectivity index (χ2v) is 8.39. The summed E-state index contributed by atoms with van der Waals surface area (Å²) in [6, 6.07) is 8.86. The Bertz CT molecular complexity index is 1070. The molecule has 23 heavy (non-hydrogen) atoms. The third kappa shape index (κ3) is 3.10. The van der Waals surface area contributed by atoms with E-state index in [-0.39, 0.29) is 20.3 Å². The van der Waals surface area contributed by atoms with Gasteiger partial charge in [-0.2, -0.15) is 0 Å². The number of anilines is 1. The average molecular weight is 389 g/mol. The summed E-state index contributed by atoms with van der Waals surface area (Å²) in [7, 11) is -2.09. The van der Waals surface area contributed by atoms with Crippen LogP contribution in [-0.4, -0.2) is 12.4 Å². The predicted octanol–water partition coefficient (Wildman–Crippen LogP) is 3.71. The van der Waals surface area contributed by atoms with Gasteiger partial charge in [0.2, 0.25) is 0 Å². The summed E-state index contributed by atoms with van der Waals surface area (Å²) in [4.78, 5) is 11.9. The fourth-order valence-corrected chi connectivity index (χ4v) is 4.26. The number of halogens is 2. The Morgan fingerprint density at radius 2 is 1.83 bits per heavy atom. The van der Waals surface area contributed by atoms with Crippen molar-refractivity contribution in [2.24, 2.45) is 7.05 Å². The first-order valence-corrected chi connectivity index (χ1v) is 9.37. The Kier molecular flexibility index (Phi) is 4.14. The van der Waals surface area contributed by atoms with Crippen molar-refractivity contribution >= 4 is 61.3 Å². The van der Waals surface area contributed by atoms with Gasteiger partial charge in [-0.05, 0) is 47.9 Å². The fraction of sp³-hybridized carbons (Fsp3) is 0.0714. The Morgan fingerprint density at radius 3 is 2.52 bits per heavy atom. The third-order valence-electron chi connectivity index (χ3n) is 3.23. The molecule has 3 rings (SSSR count). The van der Waals surface area contributed by atoms with Crippen molar-refractivity contribution in [2.45, 2.75) is 4.90 Å². The maximum atomic E-state index is 12.5. The predicted molar refractivity (Wildman–Crippen MR) is 94.3 cm³/mol. The van der Waals surface area contributed by atoms with E-state index in [0.29, 0.717) is 15.9 Å². The van der Waals surface area contributed by atoms with E-state index in [2.05, 4.69) is 4.72 Å². The van der Waals surface area contributed by atoms with Gasteiger partial charge in [-0.15, -0.1) is 0 Å². The van der Waals surface area contributed by atoms with E-state index in [1.807, 2.05) is 0 Å². The number of benzene rings is 2. The second-order valence-electron chi connectivity index (χ2n) is 4.79. The van der Waals surface area contributed by atoms with Gasteiger partial charge in [-0.1, -0.05) is 23.2 Å². The summed E-state index contributed by atoms with van der Waals surface area (Å²) in [6.45, 7) is 0. The molecule has 0 saturated heterocycles. The molecular formula is C14H10Cl2N2O3S2. The van der Waals surface area contributed by atoms with Gasteiger partial charge >= 0.3 is 0 Å². The fourth-order valence-electron chi connectivity index (χ4n) is 2.12. The molecule has 0 saturated carbocycles. The molecule has 3 aromatic rings. The quantitative estimate of drug-likeness (QED) is 0.743. The first-order chi connectivity index (χ1) is 10.8. The molecule has 120 valence electrons. The van der Waals surface area contributed by atoms with Gasteiger partial charge in [0.15, 0.2) is 0 Å². The standard InChI is InChI=1S/C14H10Cl2N2O3S2/c1-18-13-5-3-9(7-10(13)14(19)22-18)23(20,21)17-8-2-4-11(15)12(16)6-8/h2-7,17H,1H3. The summed E-state index contributed by atoms with van der Waals surface area (Å²) in [6.07, 6.45) is 0. The molecular weight excluding hydrogens is 379 g/mol. The molecule has 0 aliphatic rings. The van der Waals surface area contributed by atoms with E-state index in [1.54, 1.807) is 17.1 Å². The van der Waals surface area contributed by atoms with Gasteiger partial charge < -0.3 is 0 Å². The first kappa shape index (κ1) is 16.3. The normalized spacial score (nSPS) is 11.8. The van der Waals surface area contributed by atoms with Crippen LogP contribution in [0.15, 0.2) is 46.1 Å². The number of rotatable bonds is 3. The Balaban J connectivity index is 2.03. The largest absolute Gasteiger partial charge is 0.297 e. The zero-order chi connectivity index (χ0) is 16.8. The van der Waals surface area contributed by atoms with E-state index in [4.69, 9.17) is 23.2 Å². The van der Waals surface area contributed by atoms with Gasteiger partial charge in [0.05, 0.1) is 31.5 Å². The van der Waals surface area contributed by atoms with Crippen LogP contribution in [0.2, 0.25) is 10.0 Å². The summed E-state index contributed by atoms with van der Waals surface area (Å²) < 4.78 is 28.9. The maximum absolute atomic E-state index is 12.5. The van der Waals surface area contributed by atoms with E-state index >= 15 is 0 Å². The molecule has 2 aromatic carbocycles. The molecule has 0 fully saturated rings. The summed E-state index contributed by atoms with van der Waals surface area (Å²) in [5.41, 5.74) is 0.978. The van der Waals surface area contributed by atoms with Crippen LogP contribution in [0.1, 0.15) is 0 Å². The summed E-state index contributed by atoms with van der Waals surface area (Å²) in [5, 5.41) is 0.946. The monoisotopic (exact) mass is 388 g/mol. The molecule has 5 nitrogen and oxygen atoms in total. The zero-order valence-electron chi connectivity index (χ0n) is 11.7. The highest BCUT2D eigenvalue weighted by atomic mass is 35.5. The zero-order valence-corrected chi connectivity index (χ0v) is 14.9. The minimum atomic E-state index is -3.84. The van der Waals surface area contributed by atoms with E-state index < -0.39 is 10.0 Å². The Hall–Kier alpha value is -1.54. The van der Waals surface area contributed by atoms with Crippen molar-refractivity contribution in [3.8, 4) is 0 Å². The van der Waals surface area contributed by atoms with Crippen LogP contribution < -0.4 is 9.46 Å². The molecule has 0 spiro atoms. The number of aromatic nitrogens is 1. The number of sulfonamides is 1. The van der Waals surface area contributed by atoms with Gasteiger partial charge in [0.25, 0.3) is 14.8 Å². The van der Waals surface area contributed by atoms with E-state index in [9.17, 15) is 13.2 Å². The van der Waals surface area contributed by atoms with Crippen molar-refractivity contribution in [1.29, 1.82) is 0 Å². The number of fused-ring (bicyclic) bond motifs is 1. The molecule has 0 aliphatic heterocycles. The average Bonchev–Trinajstić information content (AvgIpc) is 2.77. The van der Waals surface area contributed by atoms with Crippen LogP contribution in [0.25, 0.3) is 10.9 Å². The Morgan fingerprint density at radius 1 is 1.09 bits per heavy atom. The molecule has 1 aromatic heterocycles.